The smallest absolute Gasteiger partial charge is 0.336 e. The quantitative estimate of drug-likeness (QED) is 0.260. The van der Waals surface area contributed by atoms with Crippen LogP contribution in [0.15, 0.2) is 109 Å². The molecule has 5 aromatic rings. The lowest BCUT2D eigenvalue weighted by atomic mass is 9.91. The molecular formula is C33H27ClN2O2. The van der Waals surface area contributed by atoms with Crippen LogP contribution in [0, 0.1) is 0 Å². The minimum atomic E-state index is -0.914. The highest BCUT2D eigenvalue weighted by Crippen LogP contribution is 2.35. The first kappa shape index (κ1) is 25.4. The lowest BCUT2D eigenvalue weighted by Gasteiger charge is -2.31. The number of pyridine rings is 1. The Labute approximate surface area is 228 Å². The molecule has 1 aliphatic heterocycles. The Morgan fingerprint density at radius 1 is 0.789 bits per heavy atom. The number of fused-ring (bicyclic) bond motifs is 2. The molecule has 38 heavy (non-hydrogen) atoms. The van der Waals surface area contributed by atoms with Gasteiger partial charge >= 0.3 is 5.97 Å². The van der Waals surface area contributed by atoms with Crippen molar-refractivity contribution >= 4 is 40.9 Å². The van der Waals surface area contributed by atoms with Crippen molar-refractivity contribution in [2.24, 2.45) is 0 Å². The Kier molecular flexibility index (Phi) is 7.36. The maximum absolute atomic E-state index is 12.5. The predicted octanol–water partition coefficient (Wildman–Crippen LogP) is 7.58. The van der Waals surface area contributed by atoms with E-state index in [1.807, 2.05) is 60.7 Å². The minimum Gasteiger partial charge on any atom is -0.478 e. The summed E-state index contributed by atoms with van der Waals surface area (Å²) in [6, 6.07) is 36.6. The van der Waals surface area contributed by atoms with E-state index in [1.54, 1.807) is 0 Å². The van der Waals surface area contributed by atoms with Gasteiger partial charge in [-0.2, -0.15) is 0 Å². The van der Waals surface area contributed by atoms with Gasteiger partial charge in [0.1, 0.15) is 0 Å². The largest absolute Gasteiger partial charge is 0.478 e. The Balaban J connectivity index is 0.00000294. The third kappa shape index (κ3) is 5.10. The molecule has 1 N–H and O–H groups in total. The summed E-state index contributed by atoms with van der Waals surface area (Å²) in [7, 11) is 0. The number of carboxylic acid groups (broad SMARTS) is 1. The Bertz CT molecular complexity index is 1610. The van der Waals surface area contributed by atoms with E-state index in [4.69, 9.17) is 4.98 Å². The number of carbonyl (C=O) groups is 1. The molecule has 0 spiro atoms. The molecule has 188 valence electrons. The molecule has 0 unspecified atom stereocenters. The van der Waals surface area contributed by atoms with Gasteiger partial charge in [-0.3, -0.25) is 4.90 Å². The van der Waals surface area contributed by atoms with Gasteiger partial charge < -0.3 is 5.11 Å². The number of rotatable bonds is 5. The highest BCUT2D eigenvalue weighted by Gasteiger charge is 2.28. The number of nitrogens with zero attached hydrogens (tertiary/aromatic N) is 2. The SMILES string of the molecule is Cl.O=C(O)c1c2c(nc3ccccc13)/C(=C/c1ccc(-c3ccccc3)cc1)CN(Cc1ccccc1)C2. The van der Waals surface area contributed by atoms with Gasteiger partial charge in [0.05, 0.1) is 16.8 Å². The summed E-state index contributed by atoms with van der Waals surface area (Å²) in [5.41, 5.74) is 8.25. The summed E-state index contributed by atoms with van der Waals surface area (Å²) in [6.07, 6.45) is 2.15. The molecular weight excluding hydrogens is 492 g/mol. The van der Waals surface area contributed by atoms with Crippen LogP contribution in [-0.2, 0) is 13.1 Å². The average Bonchev–Trinajstić information content (AvgIpc) is 2.93. The maximum atomic E-state index is 12.5. The van der Waals surface area contributed by atoms with Gasteiger partial charge in [-0.15, -0.1) is 12.4 Å². The van der Waals surface area contributed by atoms with E-state index < -0.39 is 5.97 Å². The monoisotopic (exact) mass is 518 g/mol. The van der Waals surface area contributed by atoms with Crippen LogP contribution in [0.1, 0.15) is 32.7 Å². The van der Waals surface area contributed by atoms with Gasteiger partial charge in [0.15, 0.2) is 0 Å². The van der Waals surface area contributed by atoms with Gasteiger partial charge in [-0.25, -0.2) is 9.78 Å². The zero-order chi connectivity index (χ0) is 25.2. The predicted molar refractivity (Wildman–Crippen MR) is 156 cm³/mol. The van der Waals surface area contributed by atoms with Crippen LogP contribution in [0.2, 0.25) is 0 Å². The van der Waals surface area contributed by atoms with Crippen molar-refractivity contribution in [2.75, 3.05) is 6.54 Å². The molecule has 0 aliphatic carbocycles. The standard InChI is InChI=1S/C33H26N2O2.ClH/c36-33(37)31-28-13-7-8-14-30(28)34-32-27(21-35(22-29(31)32)20-24-9-3-1-4-10-24)19-23-15-17-26(18-16-23)25-11-5-2-6-12-25;/h1-19H,20-22H2,(H,36,37);1H/b27-19+;. The van der Waals surface area contributed by atoms with Crippen LogP contribution in [0.5, 0.6) is 0 Å². The number of halogens is 1. The zero-order valence-corrected chi connectivity index (χ0v) is 21.6. The fraction of sp³-hybridized carbons (Fsp3) is 0.0909. The molecule has 1 aromatic heterocycles. The lowest BCUT2D eigenvalue weighted by Crippen LogP contribution is -2.31. The van der Waals surface area contributed by atoms with Crippen molar-refractivity contribution in [1.29, 1.82) is 0 Å². The molecule has 5 heteroatoms. The molecule has 0 amide bonds. The van der Waals surface area contributed by atoms with E-state index in [-0.39, 0.29) is 12.4 Å². The van der Waals surface area contributed by atoms with Crippen LogP contribution < -0.4 is 0 Å². The molecule has 6 rings (SSSR count). The molecule has 0 saturated carbocycles. The number of hydrogen-bond acceptors (Lipinski definition) is 3. The summed E-state index contributed by atoms with van der Waals surface area (Å²) in [6.45, 7) is 1.96. The van der Waals surface area contributed by atoms with E-state index in [9.17, 15) is 9.90 Å². The topological polar surface area (TPSA) is 53.4 Å². The van der Waals surface area contributed by atoms with Crippen LogP contribution in [-0.4, -0.2) is 27.5 Å². The minimum absolute atomic E-state index is 0. The molecule has 0 radical (unpaired) electrons. The second-order valence-electron chi connectivity index (χ2n) is 9.42. The Hall–Kier alpha value is -4.25. The third-order valence-corrected chi connectivity index (χ3v) is 6.89. The number of benzene rings is 4. The fourth-order valence-corrected chi connectivity index (χ4v) is 5.18. The number of aromatic nitrogens is 1. The van der Waals surface area contributed by atoms with Crippen molar-refractivity contribution in [3.8, 4) is 11.1 Å². The second kappa shape index (κ2) is 11.0. The Morgan fingerprint density at radius 2 is 1.42 bits per heavy atom. The van der Waals surface area contributed by atoms with Crippen molar-refractivity contribution in [3.63, 3.8) is 0 Å². The zero-order valence-electron chi connectivity index (χ0n) is 20.7. The first-order valence-corrected chi connectivity index (χ1v) is 12.4. The van der Waals surface area contributed by atoms with Gasteiger partial charge in [0, 0.05) is 30.6 Å². The van der Waals surface area contributed by atoms with Gasteiger partial charge in [-0.1, -0.05) is 103 Å². The van der Waals surface area contributed by atoms with Crippen molar-refractivity contribution < 1.29 is 9.90 Å². The van der Waals surface area contributed by atoms with Crippen molar-refractivity contribution in [3.05, 3.63) is 137 Å². The summed E-state index contributed by atoms with van der Waals surface area (Å²) in [4.78, 5) is 19.8. The van der Waals surface area contributed by atoms with E-state index in [0.29, 0.717) is 29.6 Å². The highest BCUT2D eigenvalue weighted by atomic mass is 35.5. The van der Waals surface area contributed by atoms with Crippen LogP contribution >= 0.6 is 12.4 Å². The van der Waals surface area contributed by atoms with E-state index >= 15 is 0 Å². The summed E-state index contributed by atoms with van der Waals surface area (Å²) < 4.78 is 0. The number of aromatic carboxylic acids is 1. The lowest BCUT2D eigenvalue weighted by molar-refractivity contribution is 0.0696. The Morgan fingerprint density at radius 3 is 2.13 bits per heavy atom. The molecule has 1 aliphatic rings. The number of carboxylic acids is 1. The highest BCUT2D eigenvalue weighted by molar-refractivity contribution is 6.06. The molecule has 4 aromatic carbocycles. The van der Waals surface area contributed by atoms with Crippen molar-refractivity contribution in [1.82, 2.24) is 9.88 Å². The van der Waals surface area contributed by atoms with Crippen LogP contribution in [0.4, 0.5) is 0 Å². The summed E-state index contributed by atoms with van der Waals surface area (Å²) in [5, 5.41) is 10.9. The molecule has 2 heterocycles. The molecule has 0 atom stereocenters. The molecule has 0 fully saturated rings. The fourth-order valence-electron chi connectivity index (χ4n) is 5.18. The summed E-state index contributed by atoms with van der Waals surface area (Å²) >= 11 is 0. The second-order valence-corrected chi connectivity index (χ2v) is 9.42. The molecule has 0 saturated heterocycles. The number of para-hydroxylation sites is 1. The first-order valence-electron chi connectivity index (χ1n) is 12.4. The van der Waals surface area contributed by atoms with Crippen LogP contribution in [0.3, 0.4) is 0 Å². The third-order valence-electron chi connectivity index (χ3n) is 6.89. The van der Waals surface area contributed by atoms with Gasteiger partial charge in [-0.05, 0) is 40.0 Å². The maximum Gasteiger partial charge on any atom is 0.336 e. The van der Waals surface area contributed by atoms with Gasteiger partial charge in [0.25, 0.3) is 0 Å². The van der Waals surface area contributed by atoms with Crippen LogP contribution in [0.25, 0.3) is 33.7 Å². The molecule has 0 bridgehead atoms. The number of hydrogen-bond donors (Lipinski definition) is 1. The first-order chi connectivity index (χ1) is 18.2. The van der Waals surface area contributed by atoms with E-state index in [2.05, 4.69) is 59.5 Å². The average molecular weight is 519 g/mol. The van der Waals surface area contributed by atoms with Gasteiger partial charge in [0.2, 0.25) is 0 Å². The van der Waals surface area contributed by atoms with Crippen molar-refractivity contribution in [2.45, 2.75) is 13.1 Å². The molecule has 4 nitrogen and oxygen atoms in total. The van der Waals surface area contributed by atoms with E-state index in [1.165, 1.54) is 11.1 Å². The normalized spacial score (nSPS) is 14.2. The van der Waals surface area contributed by atoms with E-state index in [0.717, 1.165) is 34.5 Å². The summed E-state index contributed by atoms with van der Waals surface area (Å²) in [5.74, 6) is -0.914.